The van der Waals surface area contributed by atoms with Crippen LogP contribution in [0.5, 0.6) is 0 Å². The minimum Gasteiger partial charge on any atom is -0.234 e. The molecule has 0 spiro atoms. The second-order valence-corrected chi connectivity index (χ2v) is 13.0. The average molecular weight is 546 g/mol. The van der Waals surface area contributed by atoms with Gasteiger partial charge < -0.3 is 0 Å². The number of nitrogens with zero attached hydrogens (tertiary/aromatic N) is 2. The van der Waals surface area contributed by atoms with Crippen molar-refractivity contribution in [2.24, 2.45) is 0 Å². The van der Waals surface area contributed by atoms with Crippen LogP contribution in [-0.4, -0.2) is 4.57 Å². The molecule has 2 nitrogen and oxygen atoms in total. The number of imidazole rings is 1. The fraction of sp³-hybridized carbons (Fsp3) is 0.919. The molecule has 0 bridgehead atoms. The van der Waals surface area contributed by atoms with Crippen LogP contribution >= 0.6 is 0 Å². The summed E-state index contributed by atoms with van der Waals surface area (Å²) < 4.78 is 5.11. The van der Waals surface area contributed by atoms with Gasteiger partial charge in [-0.05, 0) is 33.1 Å². The molecule has 0 amide bonds. The first-order chi connectivity index (χ1) is 19.2. The minimum absolute atomic E-state index is 0.569. The van der Waals surface area contributed by atoms with Crippen molar-refractivity contribution in [1.29, 1.82) is 0 Å². The Labute approximate surface area is 247 Å². The number of hydrogen-bond acceptors (Lipinski definition) is 0. The van der Waals surface area contributed by atoms with Crippen molar-refractivity contribution >= 4 is 0 Å². The van der Waals surface area contributed by atoms with Gasteiger partial charge >= 0.3 is 0 Å². The van der Waals surface area contributed by atoms with Gasteiger partial charge in [0.2, 0.25) is 0 Å². The first-order valence-electron chi connectivity index (χ1n) is 18.3. The number of hydrogen-bond donors (Lipinski definition) is 0. The van der Waals surface area contributed by atoms with E-state index in [2.05, 4.69) is 49.2 Å². The standard InChI is InChI=1S/C37H73N2/c1-5-7-9-11-13-15-17-18-19-20-21-23-25-27-29-31-33-38-34-35-39(36(3)4)37(38)32-30-28-26-24-22-16-14-12-10-8-6-2/h34-36H,5-33H2,1-4H3/q+1. The highest BCUT2D eigenvalue weighted by Gasteiger charge is 2.18. The highest BCUT2D eigenvalue weighted by atomic mass is 15.2. The maximum atomic E-state index is 2.58. The summed E-state index contributed by atoms with van der Waals surface area (Å²) in [5.41, 5.74) is 0. The molecule has 230 valence electrons. The molecule has 2 heteroatoms. The van der Waals surface area contributed by atoms with Crippen molar-refractivity contribution in [3.63, 3.8) is 0 Å². The predicted molar refractivity (Wildman–Crippen MR) is 175 cm³/mol. The van der Waals surface area contributed by atoms with E-state index in [9.17, 15) is 0 Å². The molecule has 0 saturated carbocycles. The summed E-state index contributed by atoms with van der Waals surface area (Å²) in [7, 11) is 0. The van der Waals surface area contributed by atoms with Crippen LogP contribution in [0.2, 0.25) is 0 Å². The molecular weight excluding hydrogens is 472 g/mol. The molecule has 0 atom stereocenters. The molecule has 0 aliphatic rings. The molecule has 0 aliphatic carbocycles. The lowest BCUT2D eigenvalue weighted by Crippen LogP contribution is -2.37. The summed E-state index contributed by atoms with van der Waals surface area (Å²) in [6.07, 6.45) is 44.7. The second kappa shape index (κ2) is 27.4. The lowest BCUT2D eigenvalue weighted by molar-refractivity contribution is -0.704. The van der Waals surface area contributed by atoms with Crippen molar-refractivity contribution in [2.45, 2.75) is 220 Å². The molecule has 1 heterocycles. The van der Waals surface area contributed by atoms with Gasteiger partial charge in [-0.1, -0.05) is 168 Å². The number of aromatic nitrogens is 2. The number of rotatable bonds is 30. The maximum absolute atomic E-state index is 2.58. The van der Waals surface area contributed by atoms with E-state index >= 15 is 0 Å². The summed E-state index contributed by atoms with van der Waals surface area (Å²) in [5.74, 6) is 1.57. The second-order valence-electron chi connectivity index (χ2n) is 13.0. The van der Waals surface area contributed by atoms with Gasteiger partial charge in [0.1, 0.15) is 12.4 Å². The highest BCUT2D eigenvalue weighted by Crippen LogP contribution is 2.16. The van der Waals surface area contributed by atoms with Crippen molar-refractivity contribution < 1.29 is 4.57 Å². The van der Waals surface area contributed by atoms with Crippen LogP contribution in [-0.2, 0) is 13.0 Å². The third-order valence-corrected chi connectivity index (χ3v) is 8.85. The Balaban J connectivity index is 2.05. The molecule has 0 unspecified atom stereocenters. The first kappa shape index (κ1) is 36.2. The lowest BCUT2D eigenvalue weighted by atomic mass is 10.0. The molecule has 0 fully saturated rings. The zero-order valence-electron chi connectivity index (χ0n) is 27.6. The number of aryl methyl sites for hydroxylation is 1. The first-order valence-corrected chi connectivity index (χ1v) is 18.3. The Morgan fingerprint density at radius 2 is 0.821 bits per heavy atom. The van der Waals surface area contributed by atoms with E-state index < -0.39 is 0 Å². The minimum atomic E-state index is 0.569. The van der Waals surface area contributed by atoms with Gasteiger partial charge in [0.05, 0.1) is 12.6 Å². The zero-order chi connectivity index (χ0) is 28.2. The quantitative estimate of drug-likeness (QED) is 0.0671. The van der Waals surface area contributed by atoms with Crippen LogP contribution in [0.4, 0.5) is 0 Å². The van der Waals surface area contributed by atoms with E-state index in [1.807, 2.05) is 0 Å². The normalized spacial score (nSPS) is 11.7. The Kier molecular flexibility index (Phi) is 25.4. The monoisotopic (exact) mass is 546 g/mol. The van der Waals surface area contributed by atoms with E-state index in [1.54, 1.807) is 5.82 Å². The van der Waals surface area contributed by atoms with Gasteiger partial charge in [-0.3, -0.25) is 0 Å². The van der Waals surface area contributed by atoms with E-state index in [1.165, 1.54) is 186 Å². The molecule has 0 aromatic carbocycles. The molecule has 1 aromatic rings. The average Bonchev–Trinajstić information content (AvgIpc) is 3.34. The van der Waals surface area contributed by atoms with Crippen LogP contribution in [0.1, 0.15) is 213 Å². The van der Waals surface area contributed by atoms with Crippen LogP contribution in [0, 0.1) is 0 Å². The van der Waals surface area contributed by atoms with Crippen molar-refractivity contribution in [3.05, 3.63) is 18.2 Å². The van der Waals surface area contributed by atoms with Crippen molar-refractivity contribution in [1.82, 2.24) is 4.57 Å². The van der Waals surface area contributed by atoms with Gasteiger partial charge in [-0.2, -0.15) is 0 Å². The molecular formula is C37H73N2+. The van der Waals surface area contributed by atoms with Gasteiger partial charge in [0.15, 0.2) is 0 Å². The Bertz CT molecular complexity index is 617. The third kappa shape index (κ3) is 20.7. The zero-order valence-corrected chi connectivity index (χ0v) is 27.6. The van der Waals surface area contributed by atoms with Crippen LogP contribution < -0.4 is 4.57 Å². The van der Waals surface area contributed by atoms with Gasteiger partial charge in [0, 0.05) is 6.42 Å². The third-order valence-electron chi connectivity index (χ3n) is 8.85. The molecule has 39 heavy (non-hydrogen) atoms. The van der Waals surface area contributed by atoms with Crippen LogP contribution in [0.25, 0.3) is 0 Å². The fourth-order valence-electron chi connectivity index (χ4n) is 6.20. The lowest BCUT2D eigenvalue weighted by Gasteiger charge is -2.08. The smallest absolute Gasteiger partial charge is 0.234 e. The molecule has 1 aromatic heterocycles. The van der Waals surface area contributed by atoms with Crippen LogP contribution in [0.3, 0.4) is 0 Å². The summed E-state index contributed by atoms with van der Waals surface area (Å²) in [4.78, 5) is 0. The van der Waals surface area contributed by atoms with E-state index in [0.29, 0.717) is 6.04 Å². The Morgan fingerprint density at radius 3 is 1.18 bits per heavy atom. The predicted octanol–water partition coefficient (Wildman–Crippen LogP) is 12.5. The molecule has 0 saturated heterocycles. The summed E-state index contributed by atoms with van der Waals surface area (Å²) in [6, 6.07) is 0.569. The van der Waals surface area contributed by atoms with E-state index in [-0.39, 0.29) is 0 Å². The summed E-state index contributed by atoms with van der Waals surface area (Å²) in [5, 5.41) is 0. The summed E-state index contributed by atoms with van der Waals surface area (Å²) in [6.45, 7) is 10.5. The SMILES string of the molecule is CCCCCCCCCCCCCCCCCC[n+]1ccn(C(C)C)c1CCCCCCCCCCCCC. The maximum Gasteiger partial charge on any atom is 0.256 e. The fourth-order valence-corrected chi connectivity index (χ4v) is 6.20. The largest absolute Gasteiger partial charge is 0.256 e. The van der Waals surface area contributed by atoms with Crippen LogP contribution in [0.15, 0.2) is 12.4 Å². The van der Waals surface area contributed by atoms with E-state index in [0.717, 1.165) is 0 Å². The molecule has 1 rings (SSSR count). The van der Waals surface area contributed by atoms with Gasteiger partial charge in [-0.25, -0.2) is 9.13 Å². The topological polar surface area (TPSA) is 8.81 Å². The highest BCUT2D eigenvalue weighted by molar-refractivity contribution is 4.86. The molecule has 0 radical (unpaired) electrons. The van der Waals surface area contributed by atoms with Crippen molar-refractivity contribution in [3.8, 4) is 0 Å². The van der Waals surface area contributed by atoms with Gasteiger partial charge in [0.25, 0.3) is 5.82 Å². The Morgan fingerprint density at radius 1 is 0.487 bits per heavy atom. The van der Waals surface area contributed by atoms with Crippen molar-refractivity contribution in [2.75, 3.05) is 0 Å². The van der Waals surface area contributed by atoms with E-state index in [4.69, 9.17) is 0 Å². The molecule has 0 N–H and O–H groups in total. The Hall–Kier alpha value is -0.790. The number of unbranched alkanes of at least 4 members (excludes halogenated alkanes) is 25. The summed E-state index contributed by atoms with van der Waals surface area (Å²) >= 11 is 0. The molecule has 0 aliphatic heterocycles. The van der Waals surface area contributed by atoms with Gasteiger partial charge in [-0.15, -0.1) is 0 Å².